The summed E-state index contributed by atoms with van der Waals surface area (Å²) in [6, 6.07) is 0. The van der Waals surface area contributed by atoms with Crippen LogP contribution in [0.25, 0.3) is 0 Å². The number of hydrogen-bond acceptors (Lipinski definition) is 1. The zero-order valence-corrected chi connectivity index (χ0v) is 5.99. The Balaban J connectivity index is 3.37. The highest BCUT2D eigenvalue weighted by Crippen LogP contribution is 2.08. The third kappa shape index (κ3) is 3.08. The van der Waals surface area contributed by atoms with Crippen LogP contribution in [-0.4, -0.2) is 13.5 Å². The van der Waals surface area contributed by atoms with Crippen molar-refractivity contribution >= 4 is 7.98 Å². The molecular formula is C6H14BN. The van der Waals surface area contributed by atoms with E-state index in [1.165, 1.54) is 6.42 Å². The fraction of sp³-hybridized carbons (Fsp3) is 1.00. The standard InChI is InChI=1S/C6H14BN/c1-4-5-6(2,3)8-7/h8H,4-5H2,1-3H3. The minimum absolute atomic E-state index is 0.120. The molecule has 0 heterocycles. The molecule has 0 aliphatic rings. The molecule has 0 rings (SSSR count). The predicted molar refractivity (Wildman–Crippen MR) is 37.9 cm³/mol. The van der Waals surface area contributed by atoms with Gasteiger partial charge in [0.2, 0.25) is 0 Å². The molecule has 8 heavy (non-hydrogen) atoms. The normalized spacial score (nSPS) is 11.9. The molecule has 0 aromatic rings. The number of hydrogen-bond donors (Lipinski definition) is 1. The second-order valence-electron chi connectivity index (χ2n) is 2.78. The molecule has 0 atom stereocenters. The number of nitrogens with one attached hydrogen (secondary N) is 1. The largest absolute Gasteiger partial charge is 0.362 e. The Labute approximate surface area is 53.3 Å². The van der Waals surface area contributed by atoms with Gasteiger partial charge in [-0.3, -0.25) is 0 Å². The summed E-state index contributed by atoms with van der Waals surface area (Å²) in [6.45, 7) is 6.34. The van der Waals surface area contributed by atoms with Gasteiger partial charge in [-0.25, -0.2) is 0 Å². The van der Waals surface area contributed by atoms with Gasteiger partial charge in [-0.15, -0.1) is 0 Å². The maximum absolute atomic E-state index is 5.24. The smallest absolute Gasteiger partial charge is 0.178 e. The molecule has 0 aliphatic carbocycles. The maximum Gasteiger partial charge on any atom is 0.178 e. The van der Waals surface area contributed by atoms with Crippen molar-refractivity contribution in [1.29, 1.82) is 0 Å². The van der Waals surface area contributed by atoms with E-state index < -0.39 is 0 Å². The first-order chi connectivity index (χ1) is 3.62. The first kappa shape index (κ1) is 8.02. The van der Waals surface area contributed by atoms with Crippen LogP contribution in [0.15, 0.2) is 0 Å². The zero-order valence-electron chi connectivity index (χ0n) is 5.99. The van der Waals surface area contributed by atoms with Gasteiger partial charge in [-0.2, -0.15) is 0 Å². The summed E-state index contributed by atoms with van der Waals surface area (Å²) in [5.74, 6) is 0. The molecule has 2 radical (unpaired) electrons. The van der Waals surface area contributed by atoms with Crippen LogP contribution in [0, 0.1) is 0 Å². The molecule has 0 aromatic carbocycles. The van der Waals surface area contributed by atoms with Gasteiger partial charge in [0, 0.05) is 5.54 Å². The molecular weight excluding hydrogens is 96.9 g/mol. The fourth-order valence-electron chi connectivity index (χ4n) is 0.697. The molecule has 0 spiro atoms. The second-order valence-corrected chi connectivity index (χ2v) is 2.78. The second kappa shape index (κ2) is 3.13. The maximum atomic E-state index is 5.24. The SMILES string of the molecule is [B]NC(C)(C)CCC. The highest BCUT2D eigenvalue weighted by Gasteiger charge is 2.10. The third-order valence-electron chi connectivity index (χ3n) is 1.27. The van der Waals surface area contributed by atoms with Crippen molar-refractivity contribution in [3.8, 4) is 0 Å². The van der Waals surface area contributed by atoms with E-state index in [2.05, 4.69) is 26.0 Å². The van der Waals surface area contributed by atoms with Crippen LogP contribution >= 0.6 is 0 Å². The van der Waals surface area contributed by atoms with Crippen molar-refractivity contribution in [2.24, 2.45) is 0 Å². The van der Waals surface area contributed by atoms with Gasteiger partial charge in [-0.1, -0.05) is 13.3 Å². The molecule has 0 aromatic heterocycles. The van der Waals surface area contributed by atoms with E-state index in [1.54, 1.807) is 0 Å². The van der Waals surface area contributed by atoms with Crippen molar-refractivity contribution in [3.63, 3.8) is 0 Å². The Morgan fingerprint density at radius 1 is 1.50 bits per heavy atom. The average molecular weight is 111 g/mol. The monoisotopic (exact) mass is 111 g/mol. The molecule has 0 unspecified atom stereocenters. The fourth-order valence-corrected chi connectivity index (χ4v) is 0.697. The van der Waals surface area contributed by atoms with Crippen LogP contribution < -0.4 is 5.23 Å². The van der Waals surface area contributed by atoms with Crippen molar-refractivity contribution < 1.29 is 0 Å². The minimum Gasteiger partial charge on any atom is -0.362 e. The van der Waals surface area contributed by atoms with Crippen LogP contribution in [0.2, 0.25) is 0 Å². The van der Waals surface area contributed by atoms with E-state index in [0.717, 1.165) is 6.42 Å². The Morgan fingerprint density at radius 3 is 2.12 bits per heavy atom. The zero-order chi connectivity index (χ0) is 6.62. The Hall–Kier alpha value is 0.0249. The Bertz CT molecular complexity index is 61.5. The van der Waals surface area contributed by atoms with E-state index in [9.17, 15) is 0 Å². The van der Waals surface area contributed by atoms with Crippen LogP contribution in [0.1, 0.15) is 33.6 Å². The molecule has 0 saturated carbocycles. The summed E-state index contributed by atoms with van der Waals surface area (Å²) in [5.41, 5.74) is 0.120. The van der Waals surface area contributed by atoms with Gasteiger partial charge >= 0.3 is 0 Å². The molecule has 0 fully saturated rings. The lowest BCUT2D eigenvalue weighted by Crippen LogP contribution is -2.36. The van der Waals surface area contributed by atoms with Crippen LogP contribution in [0.5, 0.6) is 0 Å². The molecule has 0 bridgehead atoms. The van der Waals surface area contributed by atoms with Crippen molar-refractivity contribution in [3.05, 3.63) is 0 Å². The summed E-state index contributed by atoms with van der Waals surface area (Å²) >= 11 is 0. The molecule has 1 N–H and O–H groups in total. The van der Waals surface area contributed by atoms with Gasteiger partial charge in [-0.05, 0) is 20.3 Å². The highest BCUT2D eigenvalue weighted by atomic mass is 14.8. The van der Waals surface area contributed by atoms with Gasteiger partial charge in [0.15, 0.2) is 7.98 Å². The molecule has 1 nitrogen and oxygen atoms in total. The van der Waals surface area contributed by atoms with Crippen molar-refractivity contribution in [2.45, 2.75) is 39.2 Å². The van der Waals surface area contributed by atoms with Crippen LogP contribution in [-0.2, 0) is 0 Å². The molecule has 0 aliphatic heterocycles. The van der Waals surface area contributed by atoms with Crippen LogP contribution in [0.3, 0.4) is 0 Å². The summed E-state index contributed by atoms with van der Waals surface area (Å²) < 4.78 is 0. The molecule has 0 saturated heterocycles. The van der Waals surface area contributed by atoms with Gasteiger partial charge < -0.3 is 5.23 Å². The number of rotatable bonds is 3. The van der Waals surface area contributed by atoms with E-state index in [1.807, 2.05) is 0 Å². The highest BCUT2D eigenvalue weighted by molar-refractivity contribution is 6.04. The molecule has 46 valence electrons. The molecule has 0 amide bonds. The summed E-state index contributed by atoms with van der Waals surface area (Å²) in [4.78, 5) is 0. The summed E-state index contributed by atoms with van der Waals surface area (Å²) in [7, 11) is 5.24. The average Bonchev–Trinajstić information content (AvgIpc) is 1.67. The predicted octanol–water partition coefficient (Wildman–Crippen LogP) is 1.24. The first-order valence-corrected chi connectivity index (χ1v) is 3.10. The first-order valence-electron chi connectivity index (χ1n) is 3.10. The Morgan fingerprint density at radius 2 is 2.00 bits per heavy atom. The quantitative estimate of drug-likeness (QED) is 0.540. The Kier molecular flexibility index (Phi) is 3.14. The lowest BCUT2D eigenvalue weighted by Gasteiger charge is -2.23. The van der Waals surface area contributed by atoms with Gasteiger partial charge in [0.05, 0.1) is 0 Å². The third-order valence-corrected chi connectivity index (χ3v) is 1.27. The summed E-state index contributed by atoms with van der Waals surface area (Å²) in [5, 5.41) is 2.74. The lowest BCUT2D eigenvalue weighted by molar-refractivity contribution is 0.432. The van der Waals surface area contributed by atoms with E-state index >= 15 is 0 Å². The topological polar surface area (TPSA) is 12.0 Å². The van der Waals surface area contributed by atoms with Gasteiger partial charge in [0.1, 0.15) is 0 Å². The van der Waals surface area contributed by atoms with E-state index in [0.29, 0.717) is 0 Å². The minimum atomic E-state index is 0.120. The van der Waals surface area contributed by atoms with Gasteiger partial charge in [0.25, 0.3) is 0 Å². The van der Waals surface area contributed by atoms with Crippen molar-refractivity contribution in [2.75, 3.05) is 0 Å². The van der Waals surface area contributed by atoms with E-state index in [-0.39, 0.29) is 5.54 Å². The van der Waals surface area contributed by atoms with E-state index in [4.69, 9.17) is 7.98 Å². The summed E-state index contributed by atoms with van der Waals surface area (Å²) in [6.07, 6.45) is 2.31. The van der Waals surface area contributed by atoms with Crippen molar-refractivity contribution in [1.82, 2.24) is 5.23 Å². The lowest BCUT2D eigenvalue weighted by atomic mass is 9.97. The molecule has 2 heteroatoms. The van der Waals surface area contributed by atoms with Crippen LogP contribution in [0.4, 0.5) is 0 Å².